The molecule has 1 saturated heterocycles. The third kappa shape index (κ3) is 10.7. The summed E-state index contributed by atoms with van der Waals surface area (Å²) in [4.78, 5) is 68.4. The van der Waals surface area contributed by atoms with E-state index in [9.17, 15) is 24.0 Å². The number of ether oxygens (including phenoxy) is 1. The van der Waals surface area contributed by atoms with Crippen molar-refractivity contribution < 1.29 is 28.7 Å². The number of allylic oxidation sites excluding steroid dienone is 3. The molecule has 1 aliphatic heterocycles. The maximum Gasteiger partial charge on any atom is 0.289 e. The second kappa shape index (κ2) is 17.1. The molecule has 0 aromatic carbocycles. The van der Waals surface area contributed by atoms with Gasteiger partial charge >= 0.3 is 0 Å². The van der Waals surface area contributed by atoms with Gasteiger partial charge in [0.1, 0.15) is 18.2 Å². The van der Waals surface area contributed by atoms with Crippen molar-refractivity contribution in [2.75, 3.05) is 6.54 Å². The summed E-state index contributed by atoms with van der Waals surface area (Å²) in [6, 6.07) is -3.83. The average molecular weight is 663 g/mol. The van der Waals surface area contributed by atoms with Crippen molar-refractivity contribution >= 4 is 47.2 Å². The molecule has 0 bridgehead atoms. The molecular formula is C33H51ClN6O6. The summed E-state index contributed by atoms with van der Waals surface area (Å²) >= 11 is 5.84. The van der Waals surface area contributed by atoms with E-state index in [1.807, 2.05) is 27.7 Å². The first-order valence-corrected chi connectivity index (χ1v) is 16.8. The Bertz CT molecular complexity index is 1190. The van der Waals surface area contributed by atoms with Crippen LogP contribution in [-0.4, -0.2) is 83.4 Å². The summed E-state index contributed by atoms with van der Waals surface area (Å²) in [7, 11) is 0. The van der Waals surface area contributed by atoms with Gasteiger partial charge in [-0.1, -0.05) is 65.0 Å². The van der Waals surface area contributed by atoms with Gasteiger partial charge in [-0.15, -0.1) is 0 Å². The van der Waals surface area contributed by atoms with Crippen LogP contribution in [0.15, 0.2) is 23.4 Å². The van der Waals surface area contributed by atoms with Gasteiger partial charge in [-0.05, 0) is 55.6 Å². The lowest BCUT2D eigenvalue weighted by Gasteiger charge is -2.37. The van der Waals surface area contributed by atoms with Crippen LogP contribution in [-0.2, 0) is 28.7 Å². The smallest absolute Gasteiger partial charge is 0.289 e. The van der Waals surface area contributed by atoms with Gasteiger partial charge in [-0.25, -0.2) is 0 Å². The Hall–Kier alpha value is -3.25. The van der Waals surface area contributed by atoms with Crippen molar-refractivity contribution in [2.24, 2.45) is 17.1 Å². The lowest BCUT2D eigenvalue weighted by Crippen LogP contribution is -2.61. The van der Waals surface area contributed by atoms with Gasteiger partial charge in [-0.3, -0.25) is 24.0 Å². The number of carbonyl (C=O) groups is 5. The molecule has 46 heavy (non-hydrogen) atoms. The van der Waals surface area contributed by atoms with Crippen LogP contribution in [0.5, 0.6) is 0 Å². The van der Waals surface area contributed by atoms with E-state index in [4.69, 9.17) is 27.5 Å². The number of likely N-dealkylation sites (tertiary alicyclic amines) is 1. The third-order valence-electron chi connectivity index (χ3n) is 8.80. The zero-order chi connectivity index (χ0) is 34.0. The SMILES string of the molecule is CCC[C@@H](NC(=O)C1C[C@@H](O/C=C/C=C(/Cl)C=N)CN1C(=O)[C@H](NC(=O)[C@@H](N)C1CCCCC1)C(C)(C)C)C(=O)C(=O)NC1CC1. The minimum atomic E-state index is -1.05. The largest absolute Gasteiger partial charge is 0.496 e. The van der Waals surface area contributed by atoms with Crippen LogP contribution < -0.4 is 21.7 Å². The van der Waals surface area contributed by atoms with Gasteiger partial charge in [-0.2, -0.15) is 0 Å². The van der Waals surface area contributed by atoms with Crippen LogP contribution in [0, 0.1) is 16.7 Å². The van der Waals surface area contributed by atoms with Crippen molar-refractivity contribution in [3.63, 3.8) is 0 Å². The van der Waals surface area contributed by atoms with Crippen molar-refractivity contribution in [2.45, 2.75) is 128 Å². The Balaban J connectivity index is 1.83. The Morgan fingerprint density at radius 3 is 2.33 bits per heavy atom. The number of halogens is 1. The number of Topliss-reactive ketones (excluding diaryl/α,β-unsaturated/α-hetero) is 1. The maximum atomic E-state index is 14.3. The van der Waals surface area contributed by atoms with E-state index in [1.54, 1.807) is 0 Å². The number of carbonyl (C=O) groups excluding carboxylic acids is 5. The number of nitrogens with zero attached hydrogens (tertiary/aromatic N) is 1. The molecule has 6 N–H and O–H groups in total. The number of rotatable bonds is 15. The fraction of sp³-hybridized carbons (Fsp3) is 0.697. The molecule has 13 heteroatoms. The van der Waals surface area contributed by atoms with Gasteiger partial charge in [0.15, 0.2) is 0 Å². The summed E-state index contributed by atoms with van der Waals surface area (Å²) in [6.45, 7) is 7.38. The number of amides is 4. The van der Waals surface area contributed by atoms with Crippen LogP contribution in [0.3, 0.4) is 0 Å². The van der Waals surface area contributed by atoms with Crippen LogP contribution in [0.4, 0.5) is 0 Å². The van der Waals surface area contributed by atoms with Crippen LogP contribution in [0.2, 0.25) is 0 Å². The Labute approximate surface area is 277 Å². The predicted octanol–water partition coefficient (Wildman–Crippen LogP) is 2.83. The Morgan fingerprint density at radius 1 is 1.07 bits per heavy atom. The van der Waals surface area contributed by atoms with E-state index < -0.39 is 65.1 Å². The summed E-state index contributed by atoms with van der Waals surface area (Å²) in [5.74, 6) is -2.86. The van der Waals surface area contributed by atoms with Gasteiger partial charge in [0, 0.05) is 18.7 Å². The van der Waals surface area contributed by atoms with Crippen molar-refractivity contribution in [3.8, 4) is 0 Å². The molecule has 4 amide bonds. The predicted molar refractivity (Wildman–Crippen MR) is 176 cm³/mol. The summed E-state index contributed by atoms with van der Waals surface area (Å²) < 4.78 is 5.84. The molecule has 0 radical (unpaired) electrons. The molecule has 12 nitrogen and oxygen atoms in total. The fourth-order valence-electron chi connectivity index (χ4n) is 5.95. The second-order valence-corrected chi connectivity index (χ2v) is 14.2. The maximum absolute atomic E-state index is 14.3. The number of hydrogen-bond donors (Lipinski definition) is 5. The monoisotopic (exact) mass is 662 g/mol. The van der Waals surface area contributed by atoms with E-state index in [2.05, 4.69) is 16.0 Å². The highest BCUT2D eigenvalue weighted by atomic mass is 35.5. The van der Waals surface area contributed by atoms with Crippen LogP contribution >= 0.6 is 11.6 Å². The molecule has 3 fully saturated rings. The average Bonchev–Trinajstić information content (AvgIpc) is 3.74. The standard InChI is InChI=1S/C33H51ClN6O6/c1-5-10-24(27(41)31(44)37-22-14-15-22)38-29(42)25-17-23(46-16-9-13-21(34)18-35)19-40(25)32(45)28(33(2,3)4)39-30(43)26(36)20-11-7-6-8-12-20/h9,13,16,18,20,22-26,28,35H,5-8,10-12,14-15,17,19,36H2,1-4H3,(H,37,44)(H,38,42)(H,39,43)/b16-9+,21-13+,35-18?/t23-,24-,25?,26+,28+/m1/s1. The van der Waals surface area contributed by atoms with E-state index in [1.165, 1.54) is 23.3 Å². The first-order chi connectivity index (χ1) is 21.8. The molecule has 1 heterocycles. The van der Waals surface area contributed by atoms with Crippen LogP contribution in [0.25, 0.3) is 0 Å². The van der Waals surface area contributed by atoms with Crippen molar-refractivity contribution in [3.05, 3.63) is 23.4 Å². The van der Waals surface area contributed by atoms with Crippen molar-refractivity contribution in [1.82, 2.24) is 20.9 Å². The van der Waals surface area contributed by atoms with Gasteiger partial charge in [0.2, 0.25) is 23.5 Å². The number of nitrogens with two attached hydrogens (primary N) is 1. The molecular weight excluding hydrogens is 612 g/mol. The lowest BCUT2D eigenvalue weighted by molar-refractivity contribution is -0.145. The number of nitrogens with one attached hydrogen (secondary N) is 4. The van der Waals surface area contributed by atoms with Gasteiger partial charge in [0.05, 0.1) is 29.9 Å². The highest BCUT2D eigenvalue weighted by Gasteiger charge is 2.46. The first-order valence-electron chi connectivity index (χ1n) is 16.5. The zero-order valence-corrected chi connectivity index (χ0v) is 28.2. The number of ketones is 1. The number of hydrogen-bond acceptors (Lipinski definition) is 8. The highest BCUT2D eigenvalue weighted by molar-refractivity contribution is 6.39. The summed E-state index contributed by atoms with van der Waals surface area (Å²) in [5, 5.41) is 15.7. The molecule has 3 rings (SSSR count). The summed E-state index contributed by atoms with van der Waals surface area (Å²) in [5.41, 5.74) is 5.66. The van der Waals surface area contributed by atoms with E-state index in [0.717, 1.165) is 51.2 Å². The fourth-order valence-corrected chi connectivity index (χ4v) is 6.02. The minimum absolute atomic E-state index is 0.0113. The summed E-state index contributed by atoms with van der Waals surface area (Å²) in [6.07, 6.45) is 12.1. The molecule has 0 aromatic rings. The molecule has 256 valence electrons. The zero-order valence-electron chi connectivity index (χ0n) is 27.5. The van der Waals surface area contributed by atoms with E-state index >= 15 is 0 Å². The highest BCUT2D eigenvalue weighted by Crippen LogP contribution is 2.29. The van der Waals surface area contributed by atoms with Crippen molar-refractivity contribution in [1.29, 1.82) is 5.41 Å². The molecule has 2 saturated carbocycles. The Morgan fingerprint density at radius 2 is 1.74 bits per heavy atom. The quantitative estimate of drug-likeness (QED) is 0.0773. The molecule has 0 aromatic heterocycles. The minimum Gasteiger partial charge on any atom is -0.496 e. The van der Waals surface area contributed by atoms with Gasteiger partial charge < -0.3 is 36.7 Å². The Kier molecular flexibility index (Phi) is 13.8. The first kappa shape index (κ1) is 37.2. The second-order valence-electron chi connectivity index (χ2n) is 13.7. The third-order valence-corrected chi connectivity index (χ3v) is 9.03. The molecule has 1 unspecified atom stereocenters. The molecule has 5 atom stereocenters. The van der Waals surface area contributed by atoms with E-state index in [0.29, 0.717) is 6.42 Å². The molecule has 2 aliphatic carbocycles. The molecule has 0 spiro atoms. The van der Waals surface area contributed by atoms with Crippen LogP contribution in [0.1, 0.15) is 91.9 Å². The lowest BCUT2D eigenvalue weighted by atomic mass is 9.82. The van der Waals surface area contributed by atoms with Gasteiger partial charge in [0.25, 0.3) is 5.91 Å². The molecule has 3 aliphatic rings. The topological polar surface area (TPSA) is 184 Å². The normalized spacial score (nSPS) is 22.9. The van der Waals surface area contributed by atoms with E-state index in [-0.39, 0.29) is 36.4 Å².